The van der Waals surface area contributed by atoms with E-state index >= 15 is 0 Å². The standard InChI is InChI=1S/C18H26N4O2/c1-19-18(20-9-8-15-6-4-12-23-15)21-14-16(17-7-5-13-24-17)22-10-2-3-11-22/h4-7,12-13,16H,2-3,8-11,14H2,1H3,(H2,19,20,21). The van der Waals surface area contributed by atoms with E-state index < -0.39 is 0 Å². The second kappa shape index (κ2) is 8.59. The molecule has 3 rings (SSSR count). The minimum Gasteiger partial charge on any atom is -0.469 e. The van der Waals surface area contributed by atoms with Crippen LogP contribution in [0.1, 0.15) is 30.4 Å². The van der Waals surface area contributed by atoms with Gasteiger partial charge in [0.15, 0.2) is 5.96 Å². The van der Waals surface area contributed by atoms with Crippen molar-refractivity contribution in [3.05, 3.63) is 48.3 Å². The molecule has 0 aliphatic carbocycles. The molecule has 1 aliphatic rings. The summed E-state index contributed by atoms with van der Waals surface area (Å²) in [5.74, 6) is 2.79. The quantitative estimate of drug-likeness (QED) is 0.603. The van der Waals surface area contributed by atoms with Gasteiger partial charge >= 0.3 is 0 Å². The summed E-state index contributed by atoms with van der Waals surface area (Å²) < 4.78 is 11.0. The summed E-state index contributed by atoms with van der Waals surface area (Å²) in [6.07, 6.45) is 6.79. The largest absolute Gasteiger partial charge is 0.469 e. The Labute approximate surface area is 142 Å². The number of nitrogens with zero attached hydrogens (tertiary/aromatic N) is 2. The Morgan fingerprint density at radius 3 is 2.62 bits per heavy atom. The number of hydrogen-bond donors (Lipinski definition) is 2. The van der Waals surface area contributed by atoms with E-state index in [2.05, 4.69) is 26.6 Å². The van der Waals surface area contributed by atoms with Crippen molar-refractivity contribution < 1.29 is 8.83 Å². The zero-order chi connectivity index (χ0) is 16.6. The summed E-state index contributed by atoms with van der Waals surface area (Å²) in [4.78, 5) is 6.78. The van der Waals surface area contributed by atoms with Crippen LogP contribution in [0.5, 0.6) is 0 Å². The molecular formula is C18H26N4O2. The predicted octanol–water partition coefficient (Wildman–Crippen LogP) is 2.42. The van der Waals surface area contributed by atoms with Gasteiger partial charge in [0.1, 0.15) is 11.5 Å². The highest BCUT2D eigenvalue weighted by atomic mass is 16.3. The first kappa shape index (κ1) is 16.6. The average molecular weight is 330 g/mol. The van der Waals surface area contributed by atoms with Crippen molar-refractivity contribution in [3.8, 4) is 0 Å². The van der Waals surface area contributed by atoms with Gasteiger partial charge in [-0.25, -0.2) is 0 Å². The second-order valence-electron chi connectivity index (χ2n) is 5.98. The Balaban J connectivity index is 1.50. The maximum Gasteiger partial charge on any atom is 0.191 e. The number of nitrogens with one attached hydrogen (secondary N) is 2. The minimum absolute atomic E-state index is 0.242. The smallest absolute Gasteiger partial charge is 0.191 e. The fraction of sp³-hybridized carbons (Fsp3) is 0.500. The number of hydrogen-bond acceptors (Lipinski definition) is 4. The van der Waals surface area contributed by atoms with Gasteiger partial charge in [0, 0.05) is 26.6 Å². The van der Waals surface area contributed by atoms with Gasteiger partial charge in [-0.05, 0) is 50.2 Å². The van der Waals surface area contributed by atoms with Gasteiger partial charge in [-0.2, -0.15) is 0 Å². The van der Waals surface area contributed by atoms with E-state index in [-0.39, 0.29) is 6.04 Å². The Hall–Kier alpha value is -2.21. The Morgan fingerprint density at radius 1 is 1.17 bits per heavy atom. The molecule has 0 spiro atoms. The van der Waals surface area contributed by atoms with Gasteiger partial charge in [0.2, 0.25) is 0 Å². The molecule has 6 nitrogen and oxygen atoms in total. The molecule has 0 saturated carbocycles. The van der Waals surface area contributed by atoms with Crippen molar-refractivity contribution in [3.63, 3.8) is 0 Å². The fourth-order valence-electron chi connectivity index (χ4n) is 3.12. The topological polar surface area (TPSA) is 65.9 Å². The molecule has 0 radical (unpaired) electrons. The van der Waals surface area contributed by atoms with Crippen LogP contribution in [-0.2, 0) is 6.42 Å². The number of guanidine groups is 1. The first-order valence-electron chi connectivity index (χ1n) is 8.61. The summed E-state index contributed by atoms with van der Waals surface area (Å²) in [6, 6.07) is 8.14. The average Bonchev–Trinajstić information content (AvgIpc) is 3.35. The van der Waals surface area contributed by atoms with Crippen molar-refractivity contribution >= 4 is 5.96 Å². The molecule has 1 fully saturated rings. The van der Waals surface area contributed by atoms with E-state index in [0.717, 1.165) is 50.1 Å². The van der Waals surface area contributed by atoms with Crippen LogP contribution < -0.4 is 10.6 Å². The van der Waals surface area contributed by atoms with Crippen molar-refractivity contribution in [1.82, 2.24) is 15.5 Å². The molecule has 3 heterocycles. The summed E-state index contributed by atoms with van der Waals surface area (Å²) in [6.45, 7) is 3.80. The van der Waals surface area contributed by atoms with Crippen LogP contribution in [0, 0.1) is 0 Å². The van der Waals surface area contributed by atoms with Gasteiger partial charge in [0.25, 0.3) is 0 Å². The third kappa shape index (κ3) is 4.41. The highest BCUT2D eigenvalue weighted by molar-refractivity contribution is 5.79. The Kier molecular flexibility index (Phi) is 5.96. The normalized spacial score (nSPS) is 17.1. The van der Waals surface area contributed by atoms with E-state index in [1.54, 1.807) is 19.6 Å². The Morgan fingerprint density at radius 2 is 1.96 bits per heavy atom. The summed E-state index contributed by atoms with van der Waals surface area (Å²) in [5, 5.41) is 6.75. The SMILES string of the molecule is CN=C(NCCc1ccco1)NCC(c1ccco1)N1CCCC1. The zero-order valence-corrected chi connectivity index (χ0v) is 14.2. The van der Waals surface area contributed by atoms with Gasteiger partial charge in [-0.15, -0.1) is 0 Å². The zero-order valence-electron chi connectivity index (χ0n) is 14.2. The number of aliphatic imine (C=N–C) groups is 1. The van der Waals surface area contributed by atoms with Gasteiger partial charge in [0.05, 0.1) is 18.6 Å². The van der Waals surface area contributed by atoms with Gasteiger partial charge in [-0.1, -0.05) is 0 Å². The highest BCUT2D eigenvalue weighted by Crippen LogP contribution is 2.24. The van der Waals surface area contributed by atoms with E-state index in [4.69, 9.17) is 8.83 Å². The lowest BCUT2D eigenvalue weighted by Crippen LogP contribution is -2.43. The fourth-order valence-corrected chi connectivity index (χ4v) is 3.12. The summed E-state index contributed by atoms with van der Waals surface area (Å²) in [7, 11) is 1.79. The second-order valence-corrected chi connectivity index (χ2v) is 5.98. The summed E-state index contributed by atoms with van der Waals surface area (Å²) in [5.41, 5.74) is 0. The van der Waals surface area contributed by atoms with E-state index in [1.165, 1.54) is 12.8 Å². The van der Waals surface area contributed by atoms with Crippen molar-refractivity contribution in [2.24, 2.45) is 4.99 Å². The molecule has 0 amide bonds. The summed E-state index contributed by atoms with van der Waals surface area (Å²) >= 11 is 0. The van der Waals surface area contributed by atoms with E-state index in [0.29, 0.717) is 0 Å². The monoisotopic (exact) mass is 330 g/mol. The molecule has 1 unspecified atom stereocenters. The number of likely N-dealkylation sites (tertiary alicyclic amines) is 1. The van der Waals surface area contributed by atoms with E-state index in [1.807, 2.05) is 18.2 Å². The first-order valence-corrected chi connectivity index (χ1v) is 8.61. The van der Waals surface area contributed by atoms with Crippen LogP contribution in [0.2, 0.25) is 0 Å². The molecule has 1 aliphatic heterocycles. The van der Waals surface area contributed by atoms with Crippen molar-refractivity contribution in [1.29, 1.82) is 0 Å². The van der Waals surface area contributed by atoms with Gasteiger partial charge in [-0.3, -0.25) is 9.89 Å². The lowest BCUT2D eigenvalue weighted by Gasteiger charge is -2.26. The van der Waals surface area contributed by atoms with Crippen LogP contribution in [0.3, 0.4) is 0 Å². The highest BCUT2D eigenvalue weighted by Gasteiger charge is 2.25. The molecule has 6 heteroatoms. The Bertz CT molecular complexity index is 601. The third-order valence-electron chi connectivity index (χ3n) is 4.38. The van der Waals surface area contributed by atoms with Crippen LogP contribution in [0.15, 0.2) is 50.6 Å². The molecule has 0 aromatic carbocycles. The molecule has 1 atom stereocenters. The van der Waals surface area contributed by atoms with Crippen molar-refractivity contribution in [2.75, 3.05) is 33.2 Å². The predicted molar refractivity (Wildman–Crippen MR) is 94.0 cm³/mol. The van der Waals surface area contributed by atoms with Crippen LogP contribution >= 0.6 is 0 Å². The van der Waals surface area contributed by atoms with Gasteiger partial charge < -0.3 is 19.5 Å². The number of furan rings is 2. The van der Waals surface area contributed by atoms with Crippen LogP contribution in [-0.4, -0.2) is 44.1 Å². The van der Waals surface area contributed by atoms with Crippen molar-refractivity contribution in [2.45, 2.75) is 25.3 Å². The third-order valence-corrected chi connectivity index (χ3v) is 4.38. The molecule has 2 N–H and O–H groups in total. The molecule has 2 aromatic heterocycles. The number of rotatable bonds is 7. The molecule has 1 saturated heterocycles. The first-order chi connectivity index (χ1) is 11.9. The molecule has 0 bridgehead atoms. The lowest BCUT2D eigenvalue weighted by atomic mass is 10.2. The minimum atomic E-state index is 0.242. The van der Waals surface area contributed by atoms with Crippen LogP contribution in [0.4, 0.5) is 0 Å². The molecule has 2 aromatic rings. The maximum absolute atomic E-state index is 5.65. The molecule has 130 valence electrons. The molecular weight excluding hydrogens is 304 g/mol. The molecule has 24 heavy (non-hydrogen) atoms. The van der Waals surface area contributed by atoms with E-state index in [9.17, 15) is 0 Å². The van der Waals surface area contributed by atoms with Crippen LogP contribution in [0.25, 0.3) is 0 Å². The maximum atomic E-state index is 5.65. The lowest BCUT2D eigenvalue weighted by molar-refractivity contribution is 0.215.